The molecule has 0 radical (unpaired) electrons. The Hall–Kier alpha value is -3.89. The number of nitrogens with one attached hydrogen (secondary N) is 1. The fourth-order valence-electron chi connectivity index (χ4n) is 2.24. The van der Waals surface area contributed by atoms with E-state index in [2.05, 4.69) is 20.5 Å². The number of nitrogens with zero attached hydrogens (tertiary/aromatic N) is 6. The highest BCUT2D eigenvalue weighted by Gasteiger charge is 2.11. The lowest BCUT2D eigenvalue weighted by Crippen LogP contribution is -2.37. The van der Waals surface area contributed by atoms with Crippen molar-refractivity contribution in [3.63, 3.8) is 0 Å². The third-order valence-corrected chi connectivity index (χ3v) is 3.65. The van der Waals surface area contributed by atoms with Gasteiger partial charge in [0, 0.05) is 26.2 Å². The molecule has 1 N–H and O–H groups in total. The molecule has 0 aliphatic carbocycles. The number of nitro groups is 1. The van der Waals surface area contributed by atoms with Gasteiger partial charge in [-0.05, 0) is 17.7 Å². The van der Waals surface area contributed by atoms with Gasteiger partial charge in [0.2, 0.25) is 0 Å². The van der Waals surface area contributed by atoms with Crippen LogP contribution in [0.4, 0.5) is 11.5 Å². The predicted octanol–water partition coefficient (Wildman–Crippen LogP) is 0.381. The summed E-state index contributed by atoms with van der Waals surface area (Å²) < 4.78 is 2.18. The van der Waals surface area contributed by atoms with E-state index in [0.717, 1.165) is 4.57 Å². The first-order valence-electron chi connectivity index (χ1n) is 7.35. The number of fused-ring (bicyclic) bond motifs is 1. The van der Waals surface area contributed by atoms with Crippen LogP contribution in [0, 0.1) is 10.1 Å². The lowest BCUT2D eigenvalue weighted by atomic mass is 10.2. The summed E-state index contributed by atoms with van der Waals surface area (Å²) in [7, 11) is 2.86. The zero-order valence-electron chi connectivity index (χ0n) is 13.8. The molecule has 0 bridgehead atoms. The van der Waals surface area contributed by atoms with Gasteiger partial charge >= 0.3 is 5.69 Å². The molecule has 2 aromatic heterocycles. The van der Waals surface area contributed by atoms with Gasteiger partial charge in [-0.25, -0.2) is 14.8 Å². The van der Waals surface area contributed by atoms with Crippen molar-refractivity contribution >= 4 is 28.9 Å². The highest BCUT2D eigenvalue weighted by atomic mass is 16.6. The van der Waals surface area contributed by atoms with Gasteiger partial charge < -0.3 is 0 Å². The van der Waals surface area contributed by atoms with E-state index in [1.807, 2.05) is 0 Å². The number of nitro benzene ring substituents is 1. The Kier molecular flexibility index (Phi) is 4.27. The van der Waals surface area contributed by atoms with Gasteiger partial charge in [-0.2, -0.15) is 5.10 Å². The number of hydrogen-bond acceptors (Lipinski definition) is 8. The Bertz CT molecular complexity index is 1150. The van der Waals surface area contributed by atoms with Crippen molar-refractivity contribution in [2.24, 2.45) is 19.2 Å². The minimum Gasteiger partial charge on any atom is -0.279 e. The van der Waals surface area contributed by atoms with Crippen LogP contribution < -0.4 is 16.7 Å². The Morgan fingerprint density at radius 3 is 2.54 bits per heavy atom. The summed E-state index contributed by atoms with van der Waals surface area (Å²) in [5, 5.41) is 14.6. The molecule has 0 unspecified atom stereocenters. The molecule has 0 aliphatic rings. The molecular formula is C15H13N7O4. The first-order chi connectivity index (χ1) is 12.4. The number of aryl methyl sites for hydroxylation is 1. The monoisotopic (exact) mass is 355 g/mol. The molecule has 26 heavy (non-hydrogen) atoms. The largest absolute Gasteiger partial charge is 0.332 e. The van der Waals surface area contributed by atoms with E-state index in [4.69, 9.17) is 0 Å². The SMILES string of the molecule is Cn1c(=O)c2nc(NN=Cc3ccc([N+](=O)[O-])cc3)cnc2n(C)c1=O. The number of hydrazone groups is 1. The maximum Gasteiger partial charge on any atom is 0.332 e. The zero-order valence-corrected chi connectivity index (χ0v) is 13.8. The first-order valence-corrected chi connectivity index (χ1v) is 7.35. The summed E-state index contributed by atoms with van der Waals surface area (Å²) in [6.45, 7) is 0. The van der Waals surface area contributed by atoms with E-state index in [1.54, 1.807) is 12.1 Å². The fraction of sp³-hybridized carbons (Fsp3) is 0.133. The Balaban J connectivity index is 1.86. The molecule has 0 atom stereocenters. The normalized spacial score (nSPS) is 11.2. The van der Waals surface area contributed by atoms with Crippen LogP contribution in [-0.2, 0) is 14.1 Å². The highest BCUT2D eigenvalue weighted by molar-refractivity contribution is 5.80. The van der Waals surface area contributed by atoms with Gasteiger partial charge in [0.1, 0.15) is 0 Å². The second kappa shape index (κ2) is 6.55. The summed E-state index contributed by atoms with van der Waals surface area (Å²) in [6.07, 6.45) is 2.78. The van der Waals surface area contributed by atoms with Crippen molar-refractivity contribution in [1.82, 2.24) is 19.1 Å². The van der Waals surface area contributed by atoms with Crippen molar-refractivity contribution < 1.29 is 4.92 Å². The van der Waals surface area contributed by atoms with Crippen molar-refractivity contribution in [2.45, 2.75) is 0 Å². The van der Waals surface area contributed by atoms with Gasteiger partial charge in [0.15, 0.2) is 17.0 Å². The van der Waals surface area contributed by atoms with Crippen molar-refractivity contribution in [2.75, 3.05) is 5.43 Å². The fourth-order valence-corrected chi connectivity index (χ4v) is 2.24. The first kappa shape index (κ1) is 17.0. The van der Waals surface area contributed by atoms with Crippen LogP contribution in [0.1, 0.15) is 5.56 Å². The Morgan fingerprint density at radius 2 is 1.88 bits per heavy atom. The van der Waals surface area contributed by atoms with Crippen LogP contribution in [0.2, 0.25) is 0 Å². The molecule has 132 valence electrons. The van der Waals surface area contributed by atoms with E-state index < -0.39 is 16.2 Å². The average Bonchev–Trinajstić information content (AvgIpc) is 2.65. The second-order valence-electron chi connectivity index (χ2n) is 5.35. The van der Waals surface area contributed by atoms with Crippen LogP contribution in [0.15, 0.2) is 45.2 Å². The van der Waals surface area contributed by atoms with Crippen molar-refractivity contribution in [1.29, 1.82) is 0 Å². The third-order valence-electron chi connectivity index (χ3n) is 3.65. The van der Waals surface area contributed by atoms with Crippen molar-refractivity contribution in [3.05, 3.63) is 67.0 Å². The zero-order chi connectivity index (χ0) is 18.8. The summed E-state index contributed by atoms with van der Waals surface area (Å²) >= 11 is 0. The lowest BCUT2D eigenvalue weighted by molar-refractivity contribution is -0.384. The number of aromatic nitrogens is 4. The number of benzene rings is 1. The maximum absolute atomic E-state index is 12.2. The summed E-state index contributed by atoms with van der Waals surface area (Å²) in [5.74, 6) is 0.214. The van der Waals surface area contributed by atoms with Crippen LogP contribution in [0.5, 0.6) is 0 Å². The average molecular weight is 355 g/mol. The van der Waals surface area contributed by atoms with E-state index >= 15 is 0 Å². The molecular weight excluding hydrogens is 342 g/mol. The van der Waals surface area contributed by atoms with Crippen LogP contribution >= 0.6 is 0 Å². The van der Waals surface area contributed by atoms with Gasteiger partial charge in [-0.3, -0.25) is 29.5 Å². The summed E-state index contributed by atoms with van der Waals surface area (Å²) in [4.78, 5) is 42.4. The molecule has 3 aromatic rings. The summed E-state index contributed by atoms with van der Waals surface area (Å²) in [6, 6.07) is 5.81. The smallest absolute Gasteiger partial charge is 0.279 e. The van der Waals surface area contributed by atoms with Crippen molar-refractivity contribution in [3.8, 4) is 0 Å². The minimum atomic E-state index is -0.557. The maximum atomic E-state index is 12.2. The molecule has 3 rings (SSSR count). The van der Waals surface area contributed by atoms with E-state index in [9.17, 15) is 19.7 Å². The molecule has 11 nitrogen and oxygen atoms in total. The standard InChI is InChI=1S/C15H13N7O4/c1-20-13-12(14(23)21(2)15(20)24)18-11(8-16-13)19-17-7-9-3-5-10(6-4-9)22(25)26/h3-8H,1-2H3,(H,18,19). The highest BCUT2D eigenvalue weighted by Crippen LogP contribution is 2.11. The number of non-ortho nitro benzene ring substituents is 1. The topological polar surface area (TPSA) is 137 Å². The number of anilines is 1. The molecule has 11 heteroatoms. The van der Waals surface area contributed by atoms with E-state index in [-0.39, 0.29) is 22.7 Å². The van der Waals surface area contributed by atoms with Gasteiger partial charge in [-0.1, -0.05) is 0 Å². The van der Waals surface area contributed by atoms with E-state index in [0.29, 0.717) is 5.56 Å². The van der Waals surface area contributed by atoms with E-state index in [1.165, 1.54) is 43.2 Å². The molecule has 0 saturated carbocycles. The Labute approximate surface area is 145 Å². The number of hydrogen-bond donors (Lipinski definition) is 1. The van der Waals surface area contributed by atoms with Crippen LogP contribution in [-0.4, -0.2) is 30.2 Å². The van der Waals surface area contributed by atoms with Gasteiger partial charge in [0.25, 0.3) is 11.2 Å². The van der Waals surface area contributed by atoms with Crippen LogP contribution in [0.3, 0.4) is 0 Å². The molecule has 0 aliphatic heterocycles. The lowest BCUT2D eigenvalue weighted by Gasteiger charge is -2.06. The molecule has 1 aromatic carbocycles. The molecule has 0 saturated heterocycles. The Morgan fingerprint density at radius 1 is 1.19 bits per heavy atom. The molecule has 0 spiro atoms. The second-order valence-corrected chi connectivity index (χ2v) is 5.35. The quantitative estimate of drug-likeness (QED) is 0.406. The minimum absolute atomic E-state index is 0.0167. The third kappa shape index (κ3) is 3.05. The molecule has 2 heterocycles. The predicted molar refractivity (Wildman–Crippen MR) is 94.3 cm³/mol. The van der Waals surface area contributed by atoms with Crippen LogP contribution in [0.25, 0.3) is 11.2 Å². The number of rotatable bonds is 4. The van der Waals surface area contributed by atoms with Gasteiger partial charge in [-0.15, -0.1) is 0 Å². The molecule has 0 amide bonds. The molecule has 0 fully saturated rings. The summed E-state index contributed by atoms with van der Waals surface area (Å²) in [5.41, 5.74) is 2.40. The van der Waals surface area contributed by atoms with Gasteiger partial charge in [0.05, 0.1) is 17.3 Å².